The molecule has 0 unspecified atom stereocenters. The molecule has 2 aromatic rings. The number of furan rings is 1. The Morgan fingerprint density at radius 2 is 1.92 bits per heavy atom. The number of hydrogen-bond acceptors (Lipinski definition) is 5. The third kappa shape index (κ3) is 3.82. The number of rotatable bonds is 5. The Balaban J connectivity index is 1.58. The number of nitrogens with zero attached hydrogens (tertiary/aromatic N) is 1. The molecule has 1 fully saturated rings. The molecule has 138 valence electrons. The predicted molar refractivity (Wildman–Crippen MR) is 94.6 cm³/mol. The van der Waals surface area contributed by atoms with Crippen LogP contribution in [0.3, 0.4) is 0 Å². The standard InChI is InChI=1S/C19H22N2O5/c1-24-14-5-6-15(17(12-14)25-2)18(22)20-13-7-9-21(10-8-13)19(23)16-4-3-11-26-16/h3-6,11-13H,7-10H2,1-2H3,(H,20,22). The topological polar surface area (TPSA) is 81.0 Å². The van der Waals surface area contributed by atoms with Crippen LogP contribution in [0.15, 0.2) is 41.0 Å². The lowest BCUT2D eigenvalue weighted by atomic mass is 10.0. The number of hydrogen-bond donors (Lipinski definition) is 1. The zero-order valence-electron chi connectivity index (χ0n) is 14.9. The summed E-state index contributed by atoms with van der Waals surface area (Å²) in [6.07, 6.45) is 2.87. The molecule has 7 nitrogen and oxygen atoms in total. The molecule has 7 heteroatoms. The van der Waals surface area contributed by atoms with Crippen molar-refractivity contribution in [3.8, 4) is 11.5 Å². The van der Waals surface area contributed by atoms with E-state index in [0.29, 0.717) is 48.8 Å². The number of likely N-dealkylation sites (tertiary alicyclic amines) is 1. The minimum atomic E-state index is -0.194. The fourth-order valence-electron chi connectivity index (χ4n) is 3.03. The van der Waals surface area contributed by atoms with Gasteiger partial charge in [-0.1, -0.05) is 0 Å². The zero-order valence-corrected chi connectivity index (χ0v) is 14.9. The third-order valence-corrected chi connectivity index (χ3v) is 4.50. The van der Waals surface area contributed by atoms with Gasteiger partial charge < -0.3 is 24.1 Å². The molecule has 1 aromatic heterocycles. The second-order valence-electron chi connectivity index (χ2n) is 6.08. The van der Waals surface area contributed by atoms with Crippen LogP contribution in [-0.4, -0.2) is 50.1 Å². The smallest absolute Gasteiger partial charge is 0.289 e. The number of amides is 2. The molecule has 1 aliphatic heterocycles. The first-order valence-electron chi connectivity index (χ1n) is 8.48. The molecule has 0 atom stereocenters. The minimum absolute atomic E-state index is 0.00922. The SMILES string of the molecule is COc1ccc(C(=O)NC2CCN(C(=O)c3ccco3)CC2)c(OC)c1. The van der Waals surface area contributed by atoms with E-state index in [1.165, 1.54) is 13.4 Å². The van der Waals surface area contributed by atoms with Crippen molar-refractivity contribution < 1.29 is 23.5 Å². The van der Waals surface area contributed by atoms with E-state index in [0.717, 1.165) is 0 Å². The molecular formula is C19H22N2O5. The van der Waals surface area contributed by atoms with E-state index in [1.54, 1.807) is 42.3 Å². The normalized spacial score (nSPS) is 14.8. The Morgan fingerprint density at radius 1 is 1.15 bits per heavy atom. The Labute approximate surface area is 151 Å². The van der Waals surface area contributed by atoms with Crippen molar-refractivity contribution in [2.45, 2.75) is 18.9 Å². The van der Waals surface area contributed by atoms with Gasteiger partial charge in [-0.05, 0) is 37.1 Å². The maximum atomic E-state index is 12.6. The van der Waals surface area contributed by atoms with Crippen molar-refractivity contribution in [2.24, 2.45) is 0 Å². The van der Waals surface area contributed by atoms with Crippen LogP contribution in [0.1, 0.15) is 33.8 Å². The van der Waals surface area contributed by atoms with Gasteiger partial charge in [0, 0.05) is 25.2 Å². The number of nitrogens with one attached hydrogen (secondary N) is 1. The van der Waals surface area contributed by atoms with E-state index in [4.69, 9.17) is 13.9 Å². The Morgan fingerprint density at radius 3 is 2.54 bits per heavy atom. The highest BCUT2D eigenvalue weighted by Crippen LogP contribution is 2.25. The average Bonchev–Trinajstić information content (AvgIpc) is 3.22. The monoisotopic (exact) mass is 358 g/mol. The van der Waals surface area contributed by atoms with Gasteiger partial charge in [0.2, 0.25) is 0 Å². The summed E-state index contributed by atoms with van der Waals surface area (Å²) in [6, 6.07) is 8.45. The fraction of sp³-hybridized carbons (Fsp3) is 0.368. The molecule has 2 amide bonds. The van der Waals surface area contributed by atoms with E-state index >= 15 is 0 Å². The van der Waals surface area contributed by atoms with Gasteiger partial charge in [0.15, 0.2) is 5.76 Å². The van der Waals surface area contributed by atoms with Crippen LogP contribution in [0.2, 0.25) is 0 Å². The van der Waals surface area contributed by atoms with Crippen molar-refractivity contribution in [2.75, 3.05) is 27.3 Å². The van der Waals surface area contributed by atoms with Crippen molar-refractivity contribution in [1.29, 1.82) is 0 Å². The lowest BCUT2D eigenvalue weighted by molar-refractivity contribution is 0.0667. The van der Waals surface area contributed by atoms with Gasteiger partial charge in [0.1, 0.15) is 11.5 Å². The summed E-state index contributed by atoms with van der Waals surface area (Å²) < 4.78 is 15.6. The molecular weight excluding hydrogens is 336 g/mol. The van der Waals surface area contributed by atoms with E-state index in [9.17, 15) is 9.59 Å². The molecule has 1 aromatic carbocycles. The fourth-order valence-corrected chi connectivity index (χ4v) is 3.03. The summed E-state index contributed by atoms with van der Waals surface area (Å²) in [7, 11) is 3.08. The number of ether oxygens (including phenoxy) is 2. The molecule has 0 aliphatic carbocycles. The van der Waals surface area contributed by atoms with Crippen molar-refractivity contribution in [1.82, 2.24) is 10.2 Å². The number of benzene rings is 1. The number of piperidine rings is 1. The van der Waals surface area contributed by atoms with Crippen LogP contribution in [0.5, 0.6) is 11.5 Å². The Kier molecular flexibility index (Phi) is 5.46. The number of carbonyl (C=O) groups excluding carboxylic acids is 2. The summed E-state index contributed by atoms with van der Waals surface area (Å²) in [4.78, 5) is 26.6. The summed E-state index contributed by atoms with van der Waals surface area (Å²) in [5, 5.41) is 3.02. The summed E-state index contributed by atoms with van der Waals surface area (Å²) in [6.45, 7) is 1.15. The van der Waals surface area contributed by atoms with Gasteiger partial charge in [0.05, 0.1) is 26.0 Å². The van der Waals surface area contributed by atoms with Gasteiger partial charge in [-0.3, -0.25) is 9.59 Å². The van der Waals surface area contributed by atoms with E-state index in [2.05, 4.69) is 5.32 Å². The van der Waals surface area contributed by atoms with Gasteiger partial charge in [-0.15, -0.1) is 0 Å². The molecule has 0 saturated carbocycles. The first kappa shape index (κ1) is 17.8. The van der Waals surface area contributed by atoms with Crippen LogP contribution >= 0.6 is 0 Å². The molecule has 3 rings (SSSR count). The second kappa shape index (κ2) is 7.95. The van der Waals surface area contributed by atoms with Crippen LogP contribution in [0.25, 0.3) is 0 Å². The maximum Gasteiger partial charge on any atom is 0.289 e. The molecule has 0 bridgehead atoms. The van der Waals surface area contributed by atoms with Crippen LogP contribution in [0, 0.1) is 0 Å². The predicted octanol–water partition coefficient (Wildman–Crippen LogP) is 2.33. The van der Waals surface area contributed by atoms with Gasteiger partial charge in [0.25, 0.3) is 11.8 Å². The maximum absolute atomic E-state index is 12.6. The highest BCUT2D eigenvalue weighted by Gasteiger charge is 2.26. The lowest BCUT2D eigenvalue weighted by Crippen LogP contribution is -2.46. The first-order valence-corrected chi connectivity index (χ1v) is 8.48. The van der Waals surface area contributed by atoms with Crippen molar-refractivity contribution >= 4 is 11.8 Å². The lowest BCUT2D eigenvalue weighted by Gasteiger charge is -2.32. The highest BCUT2D eigenvalue weighted by atomic mass is 16.5. The molecule has 1 N–H and O–H groups in total. The van der Waals surface area contributed by atoms with Crippen molar-refractivity contribution in [3.05, 3.63) is 47.9 Å². The van der Waals surface area contributed by atoms with E-state index in [1.807, 2.05) is 0 Å². The molecule has 1 aliphatic rings. The third-order valence-electron chi connectivity index (χ3n) is 4.50. The van der Waals surface area contributed by atoms with Gasteiger partial charge in [-0.25, -0.2) is 0 Å². The molecule has 0 radical (unpaired) electrons. The first-order chi connectivity index (χ1) is 12.6. The summed E-state index contributed by atoms with van der Waals surface area (Å²) in [5.41, 5.74) is 0.461. The Hall–Kier alpha value is -2.96. The van der Waals surface area contributed by atoms with Crippen LogP contribution < -0.4 is 14.8 Å². The van der Waals surface area contributed by atoms with Crippen LogP contribution in [-0.2, 0) is 0 Å². The van der Waals surface area contributed by atoms with Gasteiger partial charge >= 0.3 is 0 Å². The highest BCUT2D eigenvalue weighted by molar-refractivity contribution is 5.97. The summed E-state index contributed by atoms with van der Waals surface area (Å²) >= 11 is 0. The molecule has 26 heavy (non-hydrogen) atoms. The zero-order chi connectivity index (χ0) is 18.5. The summed E-state index contributed by atoms with van der Waals surface area (Å²) in [5.74, 6) is 1.13. The number of carbonyl (C=O) groups is 2. The van der Waals surface area contributed by atoms with Crippen LogP contribution in [0.4, 0.5) is 0 Å². The van der Waals surface area contributed by atoms with Crippen molar-refractivity contribution in [3.63, 3.8) is 0 Å². The molecule has 1 saturated heterocycles. The minimum Gasteiger partial charge on any atom is -0.497 e. The average molecular weight is 358 g/mol. The number of methoxy groups -OCH3 is 2. The quantitative estimate of drug-likeness (QED) is 0.887. The van der Waals surface area contributed by atoms with Gasteiger partial charge in [-0.2, -0.15) is 0 Å². The Bertz CT molecular complexity index is 764. The molecule has 2 heterocycles. The van der Waals surface area contributed by atoms with E-state index < -0.39 is 0 Å². The molecule has 0 spiro atoms. The van der Waals surface area contributed by atoms with E-state index in [-0.39, 0.29) is 17.9 Å². The second-order valence-corrected chi connectivity index (χ2v) is 6.08. The largest absolute Gasteiger partial charge is 0.497 e.